The summed E-state index contributed by atoms with van der Waals surface area (Å²) in [6, 6.07) is 11.3. The number of likely N-dealkylation sites (tertiary alicyclic amines) is 1. The Balaban J connectivity index is 1.89. The molecule has 6 heteroatoms. The summed E-state index contributed by atoms with van der Waals surface area (Å²) in [4.78, 5) is 17.9. The van der Waals surface area contributed by atoms with Crippen molar-refractivity contribution in [3.63, 3.8) is 0 Å². The molecule has 2 heterocycles. The number of benzene rings is 1. The maximum atomic E-state index is 13.3. The Morgan fingerprint density at radius 3 is 2.28 bits per heavy atom. The number of ether oxygens (including phenoxy) is 1. The number of amides is 1. The van der Waals surface area contributed by atoms with E-state index in [-0.39, 0.29) is 29.3 Å². The van der Waals surface area contributed by atoms with Gasteiger partial charge < -0.3 is 9.16 Å². The second-order valence-corrected chi connectivity index (χ2v) is 16.9. The summed E-state index contributed by atoms with van der Waals surface area (Å²) >= 11 is 0. The van der Waals surface area contributed by atoms with Crippen molar-refractivity contribution in [2.45, 2.75) is 116 Å². The predicted octanol–water partition coefficient (Wildman–Crippen LogP) is 6.05. The van der Waals surface area contributed by atoms with Crippen molar-refractivity contribution < 1.29 is 14.0 Å². The summed E-state index contributed by atoms with van der Waals surface area (Å²) in [6.07, 6.45) is 1.95. The number of carbonyl (C=O) groups is 1. The molecule has 0 saturated carbocycles. The molecule has 5 nitrogen and oxygen atoms in total. The number of piperazine rings is 1. The van der Waals surface area contributed by atoms with Crippen LogP contribution in [0.1, 0.15) is 66.9 Å². The van der Waals surface area contributed by atoms with Crippen LogP contribution in [0.5, 0.6) is 0 Å². The van der Waals surface area contributed by atoms with Gasteiger partial charge in [0.1, 0.15) is 5.60 Å². The molecule has 0 spiro atoms. The van der Waals surface area contributed by atoms with Gasteiger partial charge in [-0.05, 0) is 64.2 Å². The highest BCUT2D eigenvalue weighted by atomic mass is 28.4. The van der Waals surface area contributed by atoms with Crippen LogP contribution in [-0.4, -0.2) is 60.6 Å². The smallest absolute Gasteiger partial charge is 0.410 e. The van der Waals surface area contributed by atoms with Gasteiger partial charge >= 0.3 is 6.09 Å². The number of carbonyl (C=O) groups excluding carboxylic acids is 1. The van der Waals surface area contributed by atoms with Gasteiger partial charge in [0.25, 0.3) is 0 Å². The summed E-state index contributed by atoms with van der Waals surface area (Å²) in [5, 5.41) is 0.120. The first kappa shape index (κ1) is 25.3. The second kappa shape index (κ2) is 9.11. The zero-order chi connectivity index (χ0) is 23.9. The Morgan fingerprint density at radius 1 is 1.09 bits per heavy atom. The van der Waals surface area contributed by atoms with Crippen LogP contribution < -0.4 is 0 Å². The highest BCUT2D eigenvalue weighted by Crippen LogP contribution is 2.42. The number of fused-ring (bicyclic) bond motifs is 2. The van der Waals surface area contributed by atoms with Gasteiger partial charge in [-0.15, -0.1) is 0 Å². The van der Waals surface area contributed by atoms with E-state index >= 15 is 0 Å². The molecule has 2 fully saturated rings. The lowest BCUT2D eigenvalue weighted by molar-refractivity contribution is -0.0525. The molecule has 4 atom stereocenters. The first-order valence-corrected chi connectivity index (χ1v) is 15.1. The lowest BCUT2D eigenvalue weighted by Gasteiger charge is -2.50. The third-order valence-electron chi connectivity index (χ3n) is 7.46. The Hall–Kier alpha value is -1.37. The zero-order valence-electron chi connectivity index (χ0n) is 21.6. The molecular formula is C26H44N2O3Si. The summed E-state index contributed by atoms with van der Waals surface area (Å²) in [6.45, 7) is 21.0. The second-order valence-electron chi connectivity index (χ2n) is 12.2. The van der Waals surface area contributed by atoms with E-state index in [9.17, 15) is 4.79 Å². The molecule has 2 aliphatic heterocycles. The van der Waals surface area contributed by atoms with Crippen molar-refractivity contribution in [2.75, 3.05) is 6.54 Å². The minimum atomic E-state index is -1.99. The molecule has 1 aromatic carbocycles. The van der Waals surface area contributed by atoms with Gasteiger partial charge in [-0.25, -0.2) is 4.79 Å². The first-order valence-electron chi connectivity index (χ1n) is 12.2. The van der Waals surface area contributed by atoms with Crippen molar-refractivity contribution in [1.82, 2.24) is 9.80 Å². The Labute approximate surface area is 196 Å². The van der Waals surface area contributed by atoms with Crippen LogP contribution in [-0.2, 0) is 15.7 Å². The molecule has 0 aromatic heterocycles. The highest BCUT2D eigenvalue weighted by Gasteiger charge is 2.52. The van der Waals surface area contributed by atoms with E-state index in [0.29, 0.717) is 12.6 Å². The van der Waals surface area contributed by atoms with Gasteiger partial charge in [-0.1, -0.05) is 51.1 Å². The van der Waals surface area contributed by atoms with Gasteiger partial charge in [0.2, 0.25) is 0 Å². The molecule has 2 saturated heterocycles. The Bertz CT molecular complexity index is 785. The van der Waals surface area contributed by atoms with Crippen molar-refractivity contribution in [3.05, 3.63) is 35.9 Å². The molecule has 1 aromatic rings. The van der Waals surface area contributed by atoms with E-state index < -0.39 is 13.9 Å². The standard InChI is InChI=1S/C26H44N2O3Si/c1-19(31-32(8,9)26(5,6)7)23-22-16-15-21(18-28(23)24(29)30-25(2,3)4)27(22)17-20-13-11-10-12-14-20/h10-14,19,21-23H,15-18H2,1-9H3/t19-,21-,22+,23+/m0/s1. The lowest BCUT2D eigenvalue weighted by atomic mass is 9.97. The fraction of sp³-hybridized carbons (Fsp3) is 0.731. The van der Waals surface area contributed by atoms with Gasteiger partial charge in [0, 0.05) is 25.2 Å². The molecule has 0 N–H and O–H groups in total. The van der Waals surface area contributed by atoms with Crippen LogP contribution in [0.2, 0.25) is 18.1 Å². The van der Waals surface area contributed by atoms with E-state index in [1.807, 2.05) is 25.7 Å². The topological polar surface area (TPSA) is 42.0 Å². The summed E-state index contributed by atoms with van der Waals surface area (Å²) in [5.74, 6) is 0. The molecule has 32 heavy (non-hydrogen) atoms. The average molecular weight is 461 g/mol. The quantitative estimate of drug-likeness (QED) is 0.502. The van der Waals surface area contributed by atoms with E-state index in [0.717, 1.165) is 19.4 Å². The Kier molecular flexibility index (Phi) is 7.19. The number of nitrogens with zero attached hydrogens (tertiary/aromatic N) is 2. The van der Waals surface area contributed by atoms with Gasteiger partial charge in [-0.3, -0.25) is 9.80 Å². The summed E-state index contributed by atoms with van der Waals surface area (Å²) in [7, 11) is -1.99. The molecule has 0 radical (unpaired) electrons. The molecule has 2 bridgehead atoms. The minimum Gasteiger partial charge on any atom is -0.444 e. The van der Waals surface area contributed by atoms with Crippen molar-refractivity contribution in [3.8, 4) is 0 Å². The maximum absolute atomic E-state index is 13.3. The van der Waals surface area contributed by atoms with Crippen molar-refractivity contribution in [2.24, 2.45) is 0 Å². The predicted molar refractivity (Wildman–Crippen MR) is 133 cm³/mol. The normalized spacial score (nSPS) is 25.7. The lowest BCUT2D eigenvalue weighted by Crippen LogP contribution is -2.65. The number of hydrogen-bond donors (Lipinski definition) is 0. The van der Waals surface area contributed by atoms with Crippen LogP contribution >= 0.6 is 0 Å². The van der Waals surface area contributed by atoms with Crippen LogP contribution in [0, 0.1) is 0 Å². The first-order chi connectivity index (χ1) is 14.7. The number of hydrogen-bond acceptors (Lipinski definition) is 4. The monoisotopic (exact) mass is 460 g/mol. The molecule has 3 rings (SSSR count). The molecule has 0 unspecified atom stereocenters. The maximum Gasteiger partial charge on any atom is 0.410 e. The SMILES string of the molecule is C[C@H](O[Si](C)(C)C(C)(C)C)[C@@H]1[C@H]2CC[C@@H](CN1C(=O)OC(C)(C)C)N2Cc1ccccc1. The van der Waals surface area contributed by atoms with E-state index in [2.05, 4.69) is 76.0 Å². The average Bonchev–Trinajstić information content (AvgIpc) is 2.90. The molecular weight excluding hydrogens is 416 g/mol. The molecule has 1 amide bonds. The molecule has 180 valence electrons. The van der Waals surface area contributed by atoms with Crippen LogP contribution in [0.25, 0.3) is 0 Å². The largest absolute Gasteiger partial charge is 0.444 e. The third kappa shape index (κ3) is 5.57. The molecule has 2 aliphatic rings. The third-order valence-corrected chi connectivity index (χ3v) is 12.0. The van der Waals surface area contributed by atoms with E-state index in [1.165, 1.54) is 5.56 Å². The minimum absolute atomic E-state index is 0.0126. The van der Waals surface area contributed by atoms with Crippen LogP contribution in [0.15, 0.2) is 30.3 Å². The fourth-order valence-electron chi connectivity index (χ4n) is 4.92. The number of rotatable bonds is 5. The van der Waals surface area contributed by atoms with Crippen molar-refractivity contribution >= 4 is 14.4 Å². The van der Waals surface area contributed by atoms with E-state index in [1.54, 1.807) is 0 Å². The van der Waals surface area contributed by atoms with Crippen LogP contribution in [0.3, 0.4) is 0 Å². The summed E-state index contributed by atoms with van der Waals surface area (Å²) < 4.78 is 12.7. The highest BCUT2D eigenvalue weighted by molar-refractivity contribution is 6.74. The zero-order valence-corrected chi connectivity index (χ0v) is 22.6. The van der Waals surface area contributed by atoms with Gasteiger partial charge in [0.15, 0.2) is 8.32 Å². The van der Waals surface area contributed by atoms with E-state index in [4.69, 9.17) is 9.16 Å². The Morgan fingerprint density at radius 2 is 1.72 bits per heavy atom. The van der Waals surface area contributed by atoms with Gasteiger partial charge in [0.05, 0.1) is 12.1 Å². The van der Waals surface area contributed by atoms with Crippen LogP contribution in [0.4, 0.5) is 4.79 Å². The molecule has 0 aliphatic carbocycles. The van der Waals surface area contributed by atoms with Crippen molar-refractivity contribution in [1.29, 1.82) is 0 Å². The van der Waals surface area contributed by atoms with Gasteiger partial charge in [-0.2, -0.15) is 0 Å². The fourth-order valence-corrected chi connectivity index (χ4v) is 6.34. The summed E-state index contributed by atoms with van der Waals surface area (Å²) in [5.41, 5.74) is 0.817.